The van der Waals surface area contributed by atoms with E-state index >= 15 is 0 Å². The Morgan fingerprint density at radius 2 is 1.65 bits per heavy atom. The summed E-state index contributed by atoms with van der Waals surface area (Å²) in [6.07, 6.45) is 3.61. The summed E-state index contributed by atoms with van der Waals surface area (Å²) >= 11 is 0. The first-order chi connectivity index (χ1) is 12.4. The molecule has 1 fully saturated rings. The van der Waals surface area contributed by atoms with Gasteiger partial charge < -0.3 is 9.80 Å². The number of carbonyl (C=O) groups excluding carboxylic acids is 2. The molecular formula is C20H26N4O2. The van der Waals surface area contributed by atoms with E-state index in [9.17, 15) is 9.59 Å². The lowest BCUT2D eigenvalue weighted by Gasteiger charge is -2.38. The van der Waals surface area contributed by atoms with E-state index in [1.807, 2.05) is 67.1 Å². The molecule has 1 aliphatic heterocycles. The number of amides is 2. The number of benzene rings is 1. The fraction of sp³-hybridized carbons (Fsp3) is 0.450. The molecule has 2 amide bonds. The second kappa shape index (κ2) is 7.32. The molecule has 1 aromatic heterocycles. The van der Waals surface area contributed by atoms with Crippen LogP contribution in [0.4, 0.5) is 0 Å². The van der Waals surface area contributed by atoms with Crippen molar-refractivity contribution < 1.29 is 9.59 Å². The van der Waals surface area contributed by atoms with Crippen LogP contribution in [0.5, 0.6) is 0 Å². The molecule has 3 rings (SSSR count). The summed E-state index contributed by atoms with van der Waals surface area (Å²) in [5.41, 5.74) is 1.48. The zero-order valence-electron chi connectivity index (χ0n) is 15.7. The summed E-state index contributed by atoms with van der Waals surface area (Å²) in [7, 11) is 0. The second-order valence-electron chi connectivity index (χ2n) is 7.38. The van der Waals surface area contributed by atoms with Gasteiger partial charge in [0.2, 0.25) is 11.8 Å². The third-order valence-electron chi connectivity index (χ3n) is 5.01. The molecule has 1 saturated heterocycles. The van der Waals surface area contributed by atoms with Gasteiger partial charge in [0.15, 0.2) is 0 Å². The Morgan fingerprint density at radius 1 is 1.04 bits per heavy atom. The molecule has 0 radical (unpaired) electrons. The topological polar surface area (TPSA) is 58.4 Å². The molecule has 0 aliphatic carbocycles. The van der Waals surface area contributed by atoms with Crippen molar-refractivity contribution in [1.82, 2.24) is 19.6 Å². The van der Waals surface area contributed by atoms with Crippen LogP contribution in [0.1, 0.15) is 25.0 Å². The molecule has 0 atom stereocenters. The minimum atomic E-state index is -0.569. The smallest absolute Gasteiger partial charge is 0.244 e. The number of carbonyl (C=O) groups is 2. The number of aryl methyl sites for hydroxylation is 1. The maximum Gasteiger partial charge on any atom is 0.244 e. The van der Waals surface area contributed by atoms with E-state index in [2.05, 4.69) is 5.10 Å². The Bertz CT molecular complexity index is 774. The van der Waals surface area contributed by atoms with Crippen LogP contribution in [-0.2, 0) is 21.5 Å². The van der Waals surface area contributed by atoms with Crippen molar-refractivity contribution in [2.75, 3.05) is 26.2 Å². The highest BCUT2D eigenvalue weighted by molar-refractivity contribution is 5.87. The molecule has 1 aliphatic rings. The van der Waals surface area contributed by atoms with Crippen LogP contribution < -0.4 is 0 Å². The van der Waals surface area contributed by atoms with Crippen molar-refractivity contribution in [3.63, 3.8) is 0 Å². The van der Waals surface area contributed by atoms with Crippen LogP contribution >= 0.6 is 0 Å². The number of rotatable bonds is 4. The van der Waals surface area contributed by atoms with Gasteiger partial charge in [-0.25, -0.2) is 0 Å². The van der Waals surface area contributed by atoms with E-state index in [0.29, 0.717) is 26.2 Å². The van der Waals surface area contributed by atoms with E-state index in [4.69, 9.17) is 0 Å². The van der Waals surface area contributed by atoms with Gasteiger partial charge in [0.1, 0.15) is 6.54 Å². The highest BCUT2D eigenvalue weighted by Crippen LogP contribution is 2.26. The lowest BCUT2D eigenvalue weighted by molar-refractivity contribution is -0.143. The van der Waals surface area contributed by atoms with Crippen molar-refractivity contribution >= 4 is 11.8 Å². The quantitative estimate of drug-likeness (QED) is 0.842. The highest BCUT2D eigenvalue weighted by Gasteiger charge is 2.35. The van der Waals surface area contributed by atoms with Gasteiger partial charge in [-0.15, -0.1) is 0 Å². The third-order valence-corrected chi connectivity index (χ3v) is 5.01. The zero-order chi connectivity index (χ0) is 18.7. The van der Waals surface area contributed by atoms with Crippen LogP contribution in [-0.4, -0.2) is 57.6 Å². The van der Waals surface area contributed by atoms with Gasteiger partial charge in [0.25, 0.3) is 0 Å². The maximum absolute atomic E-state index is 13.0. The van der Waals surface area contributed by atoms with Gasteiger partial charge >= 0.3 is 0 Å². The van der Waals surface area contributed by atoms with Gasteiger partial charge in [-0.3, -0.25) is 14.3 Å². The summed E-state index contributed by atoms with van der Waals surface area (Å²) in [6.45, 7) is 8.39. The number of nitrogens with zero attached hydrogens (tertiary/aromatic N) is 4. The van der Waals surface area contributed by atoms with Gasteiger partial charge in [0.05, 0.1) is 11.6 Å². The Kier molecular flexibility index (Phi) is 5.11. The van der Waals surface area contributed by atoms with E-state index < -0.39 is 5.41 Å². The molecule has 1 aromatic carbocycles. The Morgan fingerprint density at radius 3 is 2.23 bits per heavy atom. The lowest BCUT2D eigenvalue weighted by atomic mass is 9.83. The summed E-state index contributed by atoms with van der Waals surface area (Å²) in [4.78, 5) is 29.1. The first-order valence-corrected chi connectivity index (χ1v) is 8.99. The number of aromatic nitrogens is 2. The van der Waals surface area contributed by atoms with E-state index in [0.717, 1.165) is 11.1 Å². The summed E-state index contributed by atoms with van der Waals surface area (Å²) in [5, 5.41) is 4.16. The SMILES string of the molecule is Cc1cnn(CC(=O)N2CCN(C(=O)C(C)(C)c3ccccc3)CC2)c1. The molecule has 0 saturated carbocycles. The van der Waals surface area contributed by atoms with Crippen molar-refractivity contribution in [3.05, 3.63) is 53.9 Å². The van der Waals surface area contributed by atoms with Gasteiger partial charge in [-0.05, 0) is 31.9 Å². The summed E-state index contributed by atoms with van der Waals surface area (Å²) < 4.78 is 1.66. The predicted octanol–water partition coefficient (Wildman–Crippen LogP) is 1.84. The fourth-order valence-electron chi connectivity index (χ4n) is 3.32. The Hall–Kier alpha value is -2.63. The average molecular weight is 354 g/mol. The lowest BCUT2D eigenvalue weighted by Crippen LogP contribution is -2.54. The average Bonchev–Trinajstić information content (AvgIpc) is 3.06. The van der Waals surface area contributed by atoms with Gasteiger partial charge in [0, 0.05) is 32.4 Å². The normalized spacial score (nSPS) is 15.2. The predicted molar refractivity (Wildman–Crippen MR) is 99.6 cm³/mol. The fourth-order valence-corrected chi connectivity index (χ4v) is 3.32. The molecule has 26 heavy (non-hydrogen) atoms. The van der Waals surface area contributed by atoms with Crippen LogP contribution in [0.25, 0.3) is 0 Å². The molecule has 0 N–H and O–H groups in total. The molecule has 0 spiro atoms. The van der Waals surface area contributed by atoms with Crippen LogP contribution in [0.3, 0.4) is 0 Å². The van der Waals surface area contributed by atoms with Crippen LogP contribution in [0, 0.1) is 6.92 Å². The standard InChI is InChI=1S/C20H26N4O2/c1-16-13-21-24(14-16)15-18(25)22-9-11-23(12-10-22)19(26)20(2,3)17-7-5-4-6-8-17/h4-8,13-14H,9-12,15H2,1-3H3. The minimum absolute atomic E-state index is 0.0440. The summed E-state index contributed by atoms with van der Waals surface area (Å²) in [6, 6.07) is 9.85. The van der Waals surface area contributed by atoms with Crippen molar-refractivity contribution in [3.8, 4) is 0 Å². The molecule has 0 bridgehead atoms. The van der Waals surface area contributed by atoms with E-state index in [1.54, 1.807) is 10.9 Å². The first-order valence-electron chi connectivity index (χ1n) is 8.99. The number of hydrogen-bond acceptors (Lipinski definition) is 3. The first kappa shape index (κ1) is 18.2. The number of hydrogen-bond donors (Lipinski definition) is 0. The summed E-state index contributed by atoms with van der Waals surface area (Å²) in [5.74, 6) is 0.154. The van der Waals surface area contributed by atoms with E-state index in [1.165, 1.54) is 0 Å². The molecule has 6 heteroatoms. The molecule has 2 aromatic rings. The van der Waals surface area contributed by atoms with Crippen molar-refractivity contribution in [2.45, 2.75) is 32.7 Å². The third kappa shape index (κ3) is 3.79. The molecule has 138 valence electrons. The van der Waals surface area contributed by atoms with Crippen molar-refractivity contribution in [1.29, 1.82) is 0 Å². The van der Waals surface area contributed by atoms with Gasteiger partial charge in [-0.1, -0.05) is 30.3 Å². The van der Waals surface area contributed by atoms with E-state index in [-0.39, 0.29) is 18.4 Å². The van der Waals surface area contributed by atoms with Crippen LogP contribution in [0.2, 0.25) is 0 Å². The minimum Gasteiger partial charge on any atom is -0.338 e. The maximum atomic E-state index is 13.0. The monoisotopic (exact) mass is 354 g/mol. The Labute approximate surface area is 154 Å². The second-order valence-corrected chi connectivity index (χ2v) is 7.38. The van der Waals surface area contributed by atoms with Crippen molar-refractivity contribution in [2.24, 2.45) is 0 Å². The Balaban J connectivity index is 1.57. The molecular weight excluding hydrogens is 328 g/mol. The molecule has 2 heterocycles. The zero-order valence-corrected chi connectivity index (χ0v) is 15.7. The number of piperazine rings is 1. The molecule has 0 unspecified atom stereocenters. The molecule has 6 nitrogen and oxygen atoms in total. The highest BCUT2D eigenvalue weighted by atomic mass is 16.2. The van der Waals surface area contributed by atoms with Crippen LogP contribution in [0.15, 0.2) is 42.7 Å². The van der Waals surface area contributed by atoms with Gasteiger partial charge in [-0.2, -0.15) is 5.10 Å². The largest absolute Gasteiger partial charge is 0.338 e.